The monoisotopic (exact) mass is 411 g/mol. The summed E-state index contributed by atoms with van der Waals surface area (Å²) >= 11 is 0. The maximum absolute atomic E-state index is 12.0. The van der Waals surface area contributed by atoms with E-state index in [1.165, 1.54) is 30.3 Å². The Morgan fingerprint density at radius 3 is 2.40 bits per heavy atom. The van der Waals surface area contributed by atoms with Crippen molar-refractivity contribution in [1.82, 2.24) is 0 Å². The molecule has 0 unspecified atom stereocenters. The Morgan fingerprint density at radius 2 is 1.77 bits per heavy atom. The van der Waals surface area contributed by atoms with Crippen LogP contribution in [0.5, 0.6) is 0 Å². The van der Waals surface area contributed by atoms with Crippen molar-refractivity contribution in [3.63, 3.8) is 0 Å². The van der Waals surface area contributed by atoms with Gasteiger partial charge in [0, 0.05) is 42.7 Å². The van der Waals surface area contributed by atoms with E-state index in [4.69, 9.17) is 9.47 Å². The third-order valence-corrected chi connectivity index (χ3v) is 4.39. The van der Waals surface area contributed by atoms with Crippen molar-refractivity contribution in [2.45, 2.75) is 0 Å². The summed E-state index contributed by atoms with van der Waals surface area (Å²) in [5.74, 6) is -1.14. The minimum Gasteiger partial charge on any atom is -0.452 e. The molecule has 1 N–H and O–H groups in total. The van der Waals surface area contributed by atoms with Gasteiger partial charge in [0.2, 0.25) is 0 Å². The number of nitro groups is 1. The fraction of sp³-hybridized carbons (Fsp3) is 0.238. The molecule has 1 aliphatic rings. The molecule has 9 heteroatoms. The third kappa shape index (κ3) is 6.14. The molecule has 0 radical (unpaired) electrons. The SMILES string of the molecule is O=C(COC(=O)/C=C/c1ccc([N+](=O)[O-])cc1)Nc1ccc(N2CCOCC2)cc1. The van der Waals surface area contributed by atoms with Gasteiger partial charge in [-0.3, -0.25) is 14.9 Å². The zero-order chi connectivity index (χ0) is 21.3. The number of amides is 1. The molecule has 1 fully saturated rings. The Hall–Kier alpha value is -3.72. The van der Waals surface area contributed by atoms with Crippen molar-refractivity contribution >= 4 is 35.0 Å². The fourth-order valence-corrected chi connectivity index (χ4v) is 2.83. The molecule has 3 rings (SSSR count). The van der Waals surface area contributed by atoms with Crippen LogP contribution in [0.15, 0.2) is 54.6 Å². The Labute approximate surface area is 173 Å². The molecule has 0 saturated carbocycles. The lowest BCUT2D eigenvalue weighted by molar-refractivity contribution is -0.384. The summed E-state index contributed by atoms with van der Waals surface area (Å²) in [6.07, 6.45) is 2.61. The summed E-state index contributed by atoms with van der Waals surface area (Å²) in [5.41, 5.74) is 2.22. The van der Waals surface area contributed by atoms with Crippen LogP contribution in [0.1, 0.15) is 5.56 Å². The Kier molecular flexibility index (Phi) is 7.12. The number of nitrogens with one attached hydrogen (secondary N) is 1. The molecule has 1 amide bonds. The van der Waals surface area contributed by atoms with Crippen molar-refractivity contribution in [2.24, 2.45) is 0 Å². The summed E-state index contributed by atoms with van der Waals surface area (Å²) < 4.78 is 10.2. The molecule has 1 heterocycles. The van der Waals surface area contributed by atoms with Crippen LogP contribution < -0.4 is 10.2 Å². The molecule has 0 aliphatic carbocycles. The molecular weight excluding hydrogens is 390 g/mol. The number of morpholine rings is 1. The normalized spacial score (nSPS) is 13.8. The molecule has 1 saturated heterocycles. The van der Waals surface area contributed by atoms with Crippen LogP contribution in [-0.2, 0) is 19.1 Å². The minimum absolute atomic E-state index is 0.0376. The number of anilines is 2. The number of esters is 1. The van der Waals surface area contributed by atoms with Crippen LogP contribution >= 0.6 is 0 Å². The van der Waals surface area contributed by atoms with Gasteiger partial charge < -0.3 is 19.7 Å². The second-order valence-corrected chi connectivity index (χ2v) is 6.48. The number of hydrogen-bond donors (Lipinski definition) is 1. The first kappa shape index (κ1) is 21.0. The molecule has 2 aromatic rings. The molecular formula is C21H21N3O6. The predicted octanol–water partition coefficient (Wildman–Crippen LogP) is 2.63. The molecule has 9 nitrogen and oxygen atoms in total. The maximum Gasteiger partial charge on any atom is 0.331 e. The van der Waals surface area contributed by atoms with Crippen LogP contribution in [0.4, 0.5) is 17.1 Å². The Bertz CT molecular complexity index is 919. The van der Waals surface area contributed by atoms with E-state index in [1.54, 1.807) is 12.1 Å². The van der Waals surface area contributed by atoms with Gasteiger partial charge in [-0.05, 0) is 48.0 Å². The van der Waals surface area contributed by atoms with Crippen LogP contribution in [0.2, 0.25) is 0 Å². The highest BCUT2D eigenvalue weighted by molar-refractivity contribution is 5.94. The first-order valence-electron chi connectivity index (χ1n) is 9.33. The van der Waals surface area contributed by atoms with Gasteiger partial charge in [-0.1, -0.05) is 0 Å². The number of carbonyl (C=O) groups excluding carboxylic acids is 2. The van der Waals surface area contributed by atoms with E-state index >= 15 is 0 Å². The van der Waals surface area contributed by atoms with E-state index in [1.807, 2.05) is 12.1 Å². The van der Waals surface area contributed by atoms with Gasteiger partial charge in [0.25, 0.3) is 11.6 Å². The first-order valence-corrected chi connectivity index (χ1v) is 9.33. The second-order valence-electron chi connectivity index (χ2n) is 6.48. The quantitative estimate of drug-likeness (QED) is 0.323. The van der Waals surface area contributed by atoms with Crippen molar-refractivity contribution in [1.29, 1.82) is 0 Å². The smallest absolute Gasteiger partial charge is 0.331 e. The van der Waals surface area contributed by atoms with Crippen molar-refractivity contribution in [3.05, 3.63) is 70.3 Å². The molecule has 0 spiro atoms. The summed E-state index contributed by atoms with van der Waals surface area (Å²) in [5, 5.41) is 13.3. The molecule has 0 aromatic heterocycles. The predicted molar refractivity (Wildman–Crippen MR) is 111 cm³/mol. The van der Waals surface area contributed by atoms with Gasteiger partial charge in [0.15, 0.2) is 6.61 Å². The number of benzene rings is 2. The van der Waals surface area contributed by atoms with Gasteiger partial charge in [-0.25, -0.2) is 4.79 Å². The molecule has 30 heavy (non-hydrogen) atoms. The number of hydrogen-bond acceptors (Lipinski definition) is 7. The largest absolute Gasteiger partial charge is 0.452 e. The van der Waals surface area contributed by atoms with E-state index in [0.29, 0.717) is 24.5 Å². The summed E-state index contributed by atoms with van der Waals surface area (Å²) in [6, 6.07) is 13.1. The first-order chi connectivity index (χ1) is 14.5. The zero-order valence-corrected chi connectivity index (χ0v) is 16.2. The highest BCUT2D eigenvalue weighted by Gasteiger charge is 2.11. The minimum atomic E-state index is -0.689. The number of carbonyl (C=O) groups is 2. The second kappa shape index (κ2) is 10.2. The number of nitrogens with zero attached hydrogens (tertiary/aromatic N) is 2. The molecule has 2 aromatic carbocycles. The summed E-state index contributed by atoms with van der Waals surface area (Å²) in [4.78, 5) is 36.0. The molecule has 0 atom stereocenters. The van der Waals surface area contributed by atoms with Gasteiger partial charge in [0.1, 0.15) is 0 Å². The topological polar surface area (TPSA) is 111 Å². The van der Waals surface area contributed by atoms with Crippen molar-refractivity contribution in [2.75, 3.05) is 43.1 Å². The molecule has 1 aliphatic heterocycles. The lowest BCUT2D eigenvalue weighted by Gasteiger charge is -2.28. The lowest BCUT2D eigenvalue weighted by atomic mass is 10.2. The van der Waals surface area contributed by atoms with Crippen molar-refractivity contribution < 1.29 is 24.0 Å². The number of non-ortho nitro benzene ring substituents is 1. The van der Waals surface area contributed by atoms with E-state index in [-0.39, 0.29) is 5.69 Å². The van der Waals surface area contributed by atoms with Gasteiger partial charge >= 0.3 is 5.97 Å². The standard InChI is InChI=1S/C21H21N3O6/c25-20(22-17-4-8-18(9-5-17)23-11-13-29-14-12-23)15-30-21(26)10-3-16-1-6-19(7-2-16)24(27)28/h1-10H,11-15H2,(H,22,25)/b10-3+. The number of rotatable bonds is 7. The average molecular weight is 411 g/mol. The van der Waals surface area contributed by atoms with Gasteiger partial charge in [-0.15, -0.1) is 0 Å². The van der Waals surface area contributed by atoms with Crippen LogP contribution in [0, 0.1) is 10.1 Å². The highest BCUT2D eigenvalue weighted by atomic mass is 16.6. The Balaban J connectivity index is 1.43. The zero-order valence-electron chi connectivity index (χ0n) is 16.2. The van der Waals surface area contributed by atoms with Gasteiger partial charge in [0.05, 0.1) is 18.1 Å². The van der Waals surface area contributed by atoms with Gasteiger partial charge in [-0.2, -0.15) is 0 Å². The van der Waals surface area contributed by atoms with E-state index < -0.39 is 23.4 Å². The van der Waals surface area contributed by atoms with Crippen LogP contribution in [0.25, 0.3) is 6.08 Å². The lowest BCUT2D eigenvalue weighted by Crippen LogP contribution is -2.36. The van der Waals surface area contributed by atoms with E-state index in [2.05, 4.69) is 10.2 Å². The maximum atomic E-state index is 12.0. The molecule has 0 bridgehead atoms. The highest BCUT2D eigenvalue weighted by Crippen LogP contribution is 2.19. The van der Waals surface area contributed by atoms with E-state index in [0.717, 1.165) is 24.9 Å². The van der Waals surface area contributed by atoms with Crippen molar-refractivity contribution in [3.8, 4) is 0 Å². The number of ether oxygens (including phenoxy) is 2. The fourth-order valence-electron chi connectivity index (χ4n) is 2.83. The summed E-state index contributed by atoms with van der Waals surface area (Å²) in [6.45, 7) is 2.63. The van der Waals surface area contributed by atoms with Crippen LogP contribution in [0.3, 0.4) is 0 Å². The average Bonchev–Trinajstić information content (AvgIpc) is 2.77. The Morgan fingerprint density at radius 1 is 1.10 bits per heavy atom. The van der Waals surface area contributed by atoms with Crippen LogP contribution in [-0.4, -0.2) is 49.7 Å². The van der Waals surface area contributed by atoms with E-state index in [9.17, 15) is 19.7 Å². The third-order valence-electron chi connectivity index (χ3n) is 4.39. The summed E-state index contributed by atoms with van der Waals surface area (Å²) in [7, 11) is 0. The molecule has 156 valence electrons. The number of nitro benzene ring substituents is 1.